The zero-order chi connectivity index (χ0) is 20.8. The number of nitrogens with one attached hydrogen (secondary N) is 2. The smallest absolute Gasteiger partial charge is 0.232 e. The molecule has 0 amide bonds. The van der Waals surface area contributed by atoms with E-state index in [0.717, 1.165) is 48.5 Å². The van der Waals surface area contributed by atoms with E-state index in [9.17, 15) is 0 Å². The summed E-state index contributed by atoms with van der Waals surface area (Å²) in [6.45, 7) is 4.74. The van der Waals surface area contributed by atoms with Gasteiger partial charge in [-0.15, -0.1) is 0 Å². The Kier molecular flexibility index (Phi) is 6.75. The van der Waals surface area contributed by atoms with Gasteiger partial charge in [0.1, 0.15) is 16.6 Å². The highest BCUT2D eigenvalue weighted by molar-refractivity contribution is 7.99. The number of aromatic nitrogens is 4. The van der Waals surface area contributed by atoms with Gasteiger partial charge in [0.25, 0.3) is 0 Å². The maximum Gasteiger partial charge on any atom is 0.232 e. The summed E-state index contributed by atoms with van der Waals surface area (Å²) in [6.07, 6.45) is 7.38. The first-order valence-electron chi connectivity index (χ1n) is 9.82. The molecule has 1 aliphatic rings. The molecule has 1 saturated heterocycles. The molecule has 3 aromatic heterocycles. The summed E-state index contributed by atoms with van der Waals surface area (Å²) < 4.78 is 5.32. The van der Waals surface area contributed by atoms with Crippen LogP contribution in [-0.2, 0) is 6.54 Å². The van der Waals surface area contributed by atoms with Crippen molar-refractivity contribution in [3.63, 3.8) is 0 Å². The molecule has 1 fully saturated rings. The molecule has 4 rings (SSSR count). The Morgan fingerprint density at radius 2 is 2.03 bits per heavy atom. The van der Waals surface area contributed by atoms with Crippen molar-refractivity contribution in [3.8, 4) is 0 Å². The average Bonchev–Trinajstić information content (AvgIpc) is 3.27. The number of rotatable bonds is 6. The molecule has 1 aliphatic heterocycles. The summed E-state index contributed by atoms with van der Waals surface area (Å²) in [6, 6.07) is 7.51. The molecule has 30 heavy (non-hydrogen) atoms. The van der Waals surface area contributed by atoms with E-state index in [-0.39, 0.29) is 0 Å². The Bertz CT molecular complexity index is 961. The molecule has 4 heterocycles. The van der Waals surface area contributed by atoms with Gasteiger partial charge in [0.2, 0.25) is 5.95 Å². The molecule has 10 heteroatoms. The van der Waals surface area contributed by atoms with E-state index < -0.39 is 0 Å². The third kappa shape index (κ3) is 5.67. The minimum Gasteiger partial charge on any atom is -0.467 e. The Balaban J connectivity index is 1.51. The summed E-state index contributed by atoms with van der Waals surface area (Å²) in [4.78, 5) is 20.2. The summed E-state index contributed by atoms with van der Waals surface area (Å²) in [5.74, 6) is 2.87. The first kappa shape index (κ1) is 20.5. The van der Waals surface area contributed by atoms with Crippen molar-refractivity contribution >= 4 is 40.9 Å². The number of nitrogens with zero attached hydrogens (tertiary/aromatic N) is 5. The van der Waals surface area contributed by atoms with Crippen LogP contribution in [0.5, 0.6) is 0 Å². The van der Waals surface area contributed by atoms with Crippen LogP contribution in [0.2, 0.25) is 0 Å². The molecule has 0 unspecified atom stereocenters. The third-order valence-corrected chi connectivity index (χ3v) is 5.82. The highest BCUT2D eigenvalue weighted by Gasteiger charge is 2.19. The van der Waals surface area contributed by atoms with Gasteiger partial charge in [0.05, 0.1) is 12.8 Å². The van der Waals surface area contributed by atoms with Crippen molar-refractivity contribution in [2.75, 3.05) is 23.3 Å². The predicted molar refractivity (Wildman–Crippen MR) is 121 cm³/mol. The zero-order valence-electron chi connectivity index (χ0n) is 16.6. The second-order valence-electron chi connectivity index (χ2n) is 7.08. The highest BCUT2D eigenvalue weighted by Crippen LogP contribution is 2.28. The van der Waals surface area contributed by atoms with Crippen LogP contribution < -0.4 is 15.5 Å². The Labute approximate surface area is 184 Å². The van der Waals surface area contributed by atoms with Crippen LogP contribution in [0.25, 0.3) is 0 Å². The van der Waals surface area contributed by atoms with Crippen LogP contribution in [0.3, 0.4) is 0 Å². The van der Waals surface area contributed by atoms with Gasteiger partial charge in [0, 0.05) is 31.5 Å². The number of furan rings is 1. The highest BCUT2D eigenvalue weighted by atomic mass is 32.2. The van der Waals surface area contributed by atoms with Crippen molar-refractivity contribution in [2.45, 2.75) is 36.5 Å². The molecule has 0 saturated carbocycles. The number of hydrogen-bond acceptors (Lipinski definition) is 8. The van der Waals surface area contributed by atoms with Gasteiger partial charge in [-0.05, 0) is 60.9 Å². The van der Waals surface area contributed by atoms with Crippen LogP contribution in [0, 0.1) is 5.92 Å². The Hall–Kier alpha value is -2.72. The second-order valence-corrected chi connectivity index (χ2v) is 8.47. The van der Waals surface area contributed by atoms with Crippen molar-refractivity contribution in [3.05, 3.63) is 48.7 Å². The van der Waals surface area contributed by atoms with E-state index >= 15 is 0 Å². The zero-order valence-corrected chi connectivity index (χ0v) is 18.2. The maximum absolute atomic E-state index is 5.41. The summed E-state index contributed by atoms with van der Waals surface area (Å²) in [7, 11) is 0. The van der Waals surface area contributed by atoms with Crippen molar-refractivity contribution in [1.82, 2.24) is 25.3 Å². The Morgan fingerprint density at radius 1 is 1.23 bits per heavy atom. The third-order valence-electron chi connectivity index (χ3n) is 4.76. The first-order chi connectivity index (χ1) is 14.7. The molecule has 0 radical (unpaired) electrons. The molecule has 0 atom stereocenters. The van der Waals surface area contributed by atoms with Crippen LogP contribution in [0.4, 0.5) is 11.8 Å². The standard InChI is InChI=1S/C20H23N7OS2/c1-14-5-9-27(10-6-14)16-12-17(30-20-21-7-3-8-22-20)25-18(24-16)26-19(29)23-13-15-4-2-11-28-15/h2-4,7-8,11-12,14H,5-6,9-10,13H2,1H3,(H2,23,24,25,26,29). The van der Waals surface area contributed by atoms with Crippen molar-refractivity contribution < 1.29 is 4.42 Å². The number of thiocarbonyl (C=S) groups is 1. The number of piperidine rings is 1. The monoisotopic (exact) mass is 441 g/mol. The minimum absolute atomic E-state index is 0.433. The van der Waals surface area contributed by atoms with E-state index in [1.807, 2.05) is 18.2 Å². The first-order valence-corrected chi connectivity index (χ1v) is 11.0. The van der Waals surface area contributed by atoms with Crippen LogP contribution in [0.1, 0.15) is 25.5 Å². The second kappa shape index (κ2) is 9.86. The SMILES string of the molecule is CC1CCN(c2cc(Sc3ncccn3)nc(NC(=S)NCc3ccco3)n2)CC1. The fourth-order valence-electron chi connectivity index (χ4n) is 3.08. The van der Waals surface area contributed by atoms with E-state index in [1.54, 1.807) is 24.7 Å². The molecule has 0 aromatic carbocycles. The lowest BCUT2D eigenvalue weighted by molar-refractivity contribution is 0.436. The van der Waals surface area contributed by atoms with Gasteiger partial charge in [-0.2, -0.15) is 4.98 Å². The lowest BCUT2D eigenvalue weighted by Gasteiger charge is -2.31. The fraction of sp³-hybridized carbons (Fsp3) is 0.350. The maximum atomic E-state index is 5.41. The minimum atomic E-state index is 0.433. The van der Waals surface area contributed by atoms with Gasteiger partial charge in [-0.1, -0.05) is 6.92 Å². The lowest BCUT2D eigenvalue weighted by atomic mass is 9.99. The molecule has 0 aliphatic carbocycles. The van der Waals surface area contributed by atoms with Crippen LogP contribution in [0.15, 0.2) is 57.5 Å². The number of anilines is 2. The van der Waals surface area contributed by atoms with Gasteiger partial charge >= 0.3 is 0 Å². The average molecular weight is 442 g/mol. The van der Waals surface area contributed by atoms with Crippen LogP contribution >= 0.6 is 24.0 Å². The molecular formula is C20H23N7OS2. The van der Waals surface area contributed by atoms with E-state index in [0.29, 0.717) is 22.8 Å². The van der Waals surface area contributed by atoms with Crippen LogP contribution in [-0.4, -0.2) is 38.1 Å². The Morgan fingerprint density at radius 3 is 2.77 bits per heavy atom. The summed E-state index contributed by atoms with van der Waals surface area (Å²) in [5.41, 5.74) is 0. The largest absolute Gasteiger partial charge is 0.467 e. The summed E-state index contributed by atoms with van der Waals surface area (Å²) in [5, 5.41) is 8.04. The molecule has 8 nitrogen and oxygen atoms in total. The fourth-order valence-corrected chi connectivity index (χ4v) is 3.95. The molecular weight excluding hydrogens is 418 g/mol. The molecule has 156 valence electrons. The molecule has 0 spiro atoms. The topological polar surface area (TPSA) is 92.0 Å². The molecule has 2 N–H and O–H groups in total. The molecule has 0 bridgehead atoms. The van der Waals surface area contributed by atoms with E-state index in [4.69, 9.17) is 21.6 Å². The normalized spacial score (nSPS) is 14.5. The predicted octanol–water partition coefficient (Wildman–Crippen LogP) is 3.73. The van der Waals surface area contributed by atoms with Gasteiger partial charge in [0.15, 0.2) is 10.3 Å². The van der Waals surface area contributed by atoms with Gasteiger partial charge in [-0.25, -0.2) is 15.0 Å². The van der Waals surface area contributed by atoms with Crippen molar-refractivity contribution in [1.29, 1.82) is 0 Å². The van der Waals surface area contributed by atoms with Crippen molar-refractivity contribution in [2.24, 2.45) is 5.92 Å². The number of hydrogen-bond donors (Lipinski definition) is 2. The van der Waals surface area contributed by atoms with Gasteiger partial charge in [-0.3, -0.25) is 0 Å². The molecule has 3 aromatic rings. The van der Waals surface area contributed by atoms with E-state index in [2.05, 4.69) is 37.4 Å². The lowest BCUT2D eigenvalue weighted by Crippen LogP contribution is -2.34. The van der Waals surface area contributed by atoms with E-state index in [1.165, 1.54) is 11.8 Å². The summed E-state index contributed by atoms with van der Waals surface area (Å²) >= 11 is 6.81. The van der Waals surface area contributed by atoms with Gasteiger partial charge < -0.3 is 20.0 Å². The quantitative estimate of drug-likeness (QED) is 0.335.